The highest BCUT2D eigenvalue weighted by molar-refractivity contribution is 6.33. The number of halogens is 2. The molecule has 1 aromatic carbocycles. The molecule has 1 amide bonds. The maximum absolute atomic E-state index is 13.5. The highest BCUT2D eigenvalue weighted by atomic mass is 35.5. The van der Waals surface area contributed by atoms with Crippen LogP contribution >= 0.6 is 11.6 Å². The number of carbonyl (C=O) groups is 1. The molecule has 0 radical (unpaired) electrons. The summed E-state index contributed by atoms with van der Waals surface area (Å²) in [5, 5.41) is 3.85. The maximum Gasteiger partial charge on any atom is 0.410 e. The van der Waals surface area contributed by atoms with Gasteiger partial charge in [0.2, 0.25) is 5.95 Å². The summed E-state index contributed by atoms with van der Waals surface area (Å²) in [5.74, 6) is 1.11. The first-order valence-electron chi connectivity index (χ1n) is 10.2. The van der Waals surface area contributed by atoms with Gasteiger partial charge in [-0.05, 0) is 63.6 Å². The van der Waals surface area contributed by atoms with E-state index in [1.165, 1.54) is 18.2 Å². The number of likely N-dealkylation sites (tertiary alicyclic amines) is 1. The number of nitrogens with one attached hydrogen (secondary N) is 1. The van der Waals surface area contributed by atoms with E-state index < -0.39 is 5.60 Å². The van der Waals surface area contributed by atoms with Crippen molar-refractivity contribution >= 4 is 23.6 Å². The van der Waals surface area contributed by atoms with E-state index >= 15 is 0 Å². The fourth-order valence-corrected chi connectivity index (χ4v) is 4.56. The molecule has 3 atom stereocenters. The second-order valence-corrected chi connectivity index (χ2v) is 9.54. The van der Waals surface area contributed by atoms with Crippen molar-refractivity contribution in [3.63, 3.8) is 0 Å². The van der Waals surface area contributed by atoms with Crippen molar-refractivity contribution in [1.29, 1.82) is 0 Å². The lowest BCUT2D eigenvalue weighted by molar-refractivity contribution is 0.0280. The Bertz CT molecular complexity index is 918. The number of hydrogen-bond acceptors (Lipinski definition) is 5. The molecule has 2 heterocycles. The molecule has 1 aromatic heterocycles. The standard InChI is InChI=1S/C22H26ClFN4O2/c1-22(2,3)30-21(29)28-11-13-6-17(7-14(13)12-28)27-20-25-9-15(10-26-20)18-8-16(24)4-5-19(18)23/h4-5,8-10,13-14,17H,6-7,11-12H2,1-3H3,(H,25,26,27)/t13-,14+,17+. The summed E-state index contributed by atoms with van der Waals surface area (Å²) in [6, 6.07) is 4.49. The summed E-state index contributed by atoms with van der Waals surface area (Å²) >= 11 is 6.16. The number of hydrogen-bond donors (Lipinski definition) is 1. The molecule has 0 spiro atoms. The van der Waals surface area contributed by atoms with Gasteiger partial charge in [0, 0.05) is 47.7 Å². The van der Waals surface area contributed by atoms with Crippen molar-refractivity contribution in [3.8, 4) is 11.1 Å². The number of fused-ring (bicyclic) bond motifs is 1. The largest absolute Gasteiger partial charge is 0.444 e. The molecule has 0 bridgehead atoms. The molecular weight excluding hydrogens is 407 g/mol. The molecule has 1 saturated carbocycles. The van der Waals surface area contributed by atoms with Gasteiger partial charge in [0.25, 0.3) is 0 Å². The van der Waals surface area contributed by atoms with Crippen molar-refractivity contribution in [2.75, 3.05) is 18.4 Å². The highest BCUT2D eigenvalue weighted by Gasteiger charge is 2.43. The van der Waals surface area contributed by atoms with Crippen molar-refractivity contribution in [3.05, 3.63) is 41.4 Å². The van der Waals surface area contributed by atoms with Crippen LogP contribution in [0, 0.1) is 17.7 Å². The molecule has 2 aliphatic rings. The average molecular weight is 433 g/mol. The first kappa shape index (κ1) is 20.8. The molecule has 30 heavy (non-hydrogen) atoms. The van der Waals surface area contributed by atoms with E-state index in [1.807, 2.05) is 25.7 Å². The Balaban J connectivity index is 1.33. The van der Waals surface area contributed by atoms with Crippen molar-refractivity contribution in [2.24, 2.45) is 11.8 Å². The van der Waals surface area contributed by atoms with Crippen molar-refractivity contribution in [1.82, 2.24) is 14.9 Å². The third-order valence-corrected chi connectivity index (χ3v) is 5.96. The number of rotatable bonds is 3. The second kappa shape index (κ2) is 8.02. The minimum atomic E-state index is -0.474. The maximum atomic E-state index is 13.5. The van der Waals surface area contributed by atoms with Crippen molar-refractivity contribution < 1.29 is 13.9 Å². The van der Waals surface area contributed by atoms with Crippen LogP contribution in [0.1, 0.15) is 33.6 Å². The first-order chi connectivity index (χ1) is 14.2. The van der Waals surface area contributed by atoms with Gasteiger partial charge in [-0.15, -0.1) is 0 Å². The second-order valence-electron chi connectivity index (χ2n) is 9.14. The molecule has 1 N–H and O–H groups in total. The number of carbonyl (C=O) groups excluding carboxylic acids is 1. The van der Waals surface area contributed by atoms with Crippen LogP contribution in [0.25, 0.3) is 11.1 Å². The minimum absolute atomic E-state index is 0.226. The smallest absolute Gasteiger partial charge is 0.410 e. The Morgan fingerprint density at radius 3 is 2.43 bits per heavy atom. The average Bonchev–Trinajstić information content (AvgIpc) is 3.22. The molecule has 160 valence electrons. The molecule has 2 aromatic rings. The third kappa shape index (κ3) is 4.67. The molecule has 0 unspecified atom stereocenters. The van der Waals surface area contributed by atoms with Crippen LogP contribution in [0.3, 0.4) is 0 Å². The zero-order chi connectivity index (χ0) is 21.5. The van der Waals surface area contributed by atoms with Gasteiger partial charge in [-0.3, -0.25) is 0 Å². The van der Waals surface area contributed by atoms with E-state index in [0.29, 0.717) is 33.9 Å². The number of ether oxygens (including phenoxy) is 1. The predicted molar refractivity (Wildman–Crippen MR) is 114 cm³/mol. The zero-order valence-corrected chi connectivity index (χ0v) is 18.1. The lowest BCUT2D eigenvalue weighted by Gasteiger charge is -2.25. The fourth-order valence-electron chi connectivity index (χ4n) is 4.34. The lowest BCUT2D eigenvalue weighted by Crippen LogP contribution is -2.36. The number of amides is 1. The number of anilines is 1. The molecule has 4 rings (SSSR count). The molecule has 6 nitrogen and oxygen atoms in total. The number of benzene rings is 1. The van der Waals surface area contributed by atoms with E-state index in [0.717, 1.165) is 25.9 Å². The van der Waals surface area contributed by atoms with Gasteiger partial charge in [-0.1, -0.05) is 11.6 Å². The van der Waals surface area contributed by atoms with Gasteiger partial charge >= 0.3 is 6.09 Å². The van der Waals surface area contributed by atoms with Crippen LogP contribution in [-0.2, 0) is 4.74 Å². The Morgan fingerprint density at radius 2 is 1.83 bits per heavy atom. The van der Waals surface area contributed by atoms with Crippen LogP contribution in [0.2, 0.25) is 5.02 Å². The Kier molecular flexibility index (Phi) is 5.57. The summed E-state index contributed by atoms with van der Waals surface area (Å²) in [4.78, 5) is 22.9. The highest BCUT2D eigenvalue weighted by Crippen LogP contribution is 2.39. The van der Waals surface area contributed by atoms with Gasteiger partial charge in [-0.25, -0.2) is 19.2 Å². The van der Waals surface area contributed by atoms with E-state index in [4.69, 9.17) is 16.3 Å². The normalized spacial score (nSPS) is 23.4. The third-order valence-electron chi connectivity index (χ3n) is 5.63. The number of nitrogens with zero attached hydrogens (tertiary/aromatic N) is 3. The van der Waals surface area contributed by atoms with Crippen LogP contribution in [0.4, 0.5) is 15.1 Å². The summed E-state index contributed by atoms with van der Waals surface area (Å²) in [7, 11) is 0. The van der Waals surface area contributed by atoms with Gasteiger partial charge in [0.05, 0.1) is 0 Å². The lowest BCUT2D eigenvalue weighted by atomic mass is 10.0. The number of aromatic nitrogens is 2. The predicted octanol–water partition coefficient (Wildman–Crippen LogP) is 4.99. The van der Waals surface area contributed by atoms with Gasteiger partial charge in [-0.2, -0.15) is 0 Å². The van der Waals surface area contributed by atoms with Gasteiger partial charge < -0.3 is 15.0 Å². The van der Waals surface area contributed by atoms with E-state index in [9.17, 15) is 9.18 Å². The molecule has 8 heteroatoms. The van der Waals surface area contributed by atoms with Crippen LogP contribution < -0.4 is 5.32 Å². The Labute approximate surface area is 180 Å². The van der Waals surface area contributed by atoms with E-state index in [-0.39, 0.29) is 18.0 Å². The molecule has 1 aliphatic heterocycles. The molecule has 2 fully saturated rings. The zero-order valence-electron chi connectivity index (χ0n) is 17.4. The van der Waals surface area contributed by atoms with Crippen molar-refractivity contribution in [2.45, 2.75) is 45.3 Å². The van der Waals surface area contributed by atoms with E-state index in [1.54, 1.807) is 12.4 Å². The molecule has 1 saturated heterocycles. The topological polar surface area (TPSA) is 67.3 Å². The fraction of sp³-hybridized carbons (Fsp3) is 0.500. The first-order valence-corrected chi connectivity index (χ1v) is 10.6. The summed E-state index contributed by atoms with van der Waals surface area (Å²) in [6.45, 7) is 7.12. The van der Waals surface area contributed by atoms with E-state index in [2.05, 4.69) is 15.3 Å². The van der Waals surface area contributed by atoms with Crippen LogP contribution in [0.5, 0.6) is 0 Å². The van der Waals surface area contributed by atoms with Gasteiger partial charge in [0.15, 0.2) is 0 Å². The quantitative estimate of drug-likeness (QED) is 0.739. The SMILES string of the molecule is CC(C)(C)OC(=O)N1C[C@H]2C[C@H](Nc3ncc(-c4cc(F)ccc4Cl)cn3)C[C@H]2C1. The Hall–Kier alpha value is -2.41. The van der Waals surface area contributed by atoms with Gasteiger partial charge in [0.1, 0.15) is 11.4 Å². The monoisotopic (exact) mass is 432 g/mol. The summed E-state index contributed by atoms with van der Waals surface area (Å²) in [6.07, 6.45) is 5.00. The summed E-state index contributed by atoms with van der Waals surface area (Å²) in [5.41, 5.74) is 0.764. The van der Waals surface area contributed by atoms with Crippen LogP contribution in [-0.4, -0.2) is 45.7 Å². The summed E-state index contributed by atoms with van der Waals surface area (Å²) < 4.78 is 19.0. The molecule has 1 aliphatic carbocycles. The minimum Gasteiger partial charge on any atom is -0.444 e. The van der Waals surface area contributed by atoms with Crippen LogP contribution in [0.15, 0.2) is 30.6 Å². The Morgan fingerprint density at radius 1 is 1.20 bits per heavy atom. The molecular formula is C22H26ClFN4O2.